The predicted octanol–water partition coefficient (Wildman–Crippen LogP) is 1.78. The van der Waals surface area contributed by atoms with Gasteiger partial charge >= 0.3 is 0 Å². The van der Waals surface area contributed by atoms with E-state index in [1.807, 2.05) is 54.8 Å². The molecule has 0 unspecified atom stereocenters. The van der Waals surface area contributed by atoms with Gasteiger partial charge in [0.25, 0.3) is 0 Å². The van der Waals surface area contributed by atoms with Crippen molar-refractivity contribution in [3.8, 4) is 5.88 Å². The van der Waals surface area contributed by atoms with Crippen LogP contribution in [0.3, 0.4) is 0 Å². The van der Waals surface area contributed by atoms with Crippen molar-refractivity contribution >= 4 is 11.6 Å². The Bertz CT molecular complexity index is 871. The number of rotatable bonds is 6. The van der Waals surface area contributed by atoms with Crippen LogP contribution in [0.1, 0.15) is 25.2 Å². The van der Waals surface area contributed by atoms with E-state index >= 15 is 0 Å². The third kappa shape index (κ3) is 4.47. The molecule has 3 rings (SSSR count). The van der Waals surface area contributed by atoms with E-state index in [2.05, 4.69) is 30.8 Å². The fraction of sp³-hybridized carbons (Fsp3) is 0.333. The van der Waals surface area contributed by atoms with Crippen LogP contribution in [0.4, 0.5) is 0 Å². The molecule has 0 bridgehead atoms. The second-order valence-electron chi connectivity index (χ2n) is 6.00. The van der Waals surface area contributed by atoms with Crippen molar-refractivity contribution in [3.05, 3.63) is 54.1 Å². The molecule has 2 N–H and O–H groups in total. The third-order valence-electron chi connectivity index (χ3n) is 3.64. The van der Waals surface area contributed by atoms with Crippen molar-refractivity contribution in [3.63, 3.8) is 0 Å². The van der Waals surface area contributed by atoms with E-state index in [9.17, 15) is 0 Å². The zero-order valence-corrected chi connectivity index (χ0v) is 15.2. The van der Waals surface area contributed by atoms with Gasteiger partial charge in [-0.05, 0) is 31.5 Å². The quantitative estimate of drug-likeness (QED) is 0.519. The number of pyridine rings is 2. The zero-order chi connectivity index (χ0) is 18.4. The Morgan fingerprint density at radius 2 is 2.00 bits per heavy atom. The van der Waals surface area contributed by atoms with Gasteiger partial charge in [-0.25, -0.2) is 4.98 Å². The van der Waals surface area contributed by atoms with Crippen LogP contribution >= 0.6 is 0 Å². The number of aromatic nitrogens is 4. The van der Waals surface area contributed by atoms with Gasteiger partial charge < -0.3 is 15.4 Å². The maximum absolute atomic E-state index is 5.55. The molecule has 3 aromatic rings. The van der Waals surface area contributed by atoms with Gasteiger partial charge in [-0.3, -0.25) is 9.39 Å². The number of guanidine groups is 1. The second-order valence-corrected chi connectivity index (χ2v) is 6.00. The number of fused-ring (bicyclic) bond motifs is 1. The first-order valence-corrected chi connectivity index (χ1v) is 8.50. The molecule has 0 aromatic carbocycles. The standard InChI is InChI=1S/C18H23N7O/c1-13(2)26-17-8-7-14(10-20-17)11-21-18(19-3)22-12-16-24-23-15-6-4-5-9-25(15)16/h4-10,13H,11-12H2,1-3H3,(H2,19,21,22). The molecule has 26 heavy (non-hydrogen) atoms. The Labute approximate surface area is 152 Å². The Morgan fingerprint density at radius 1 is 1.15 bits per heavy atom. The summed E-state index contributed by atoms with van der Waals surface area (Å²) in [5.41, 5.74) is 1.86. The smallest absolute Gasteiger partial charge is 0.213 e. The SMILES string of the molecule is CN=C(NCc1ccc(OC(C)C)nc1)NCc1nnc2ccccn12. The average molecular weight is 353 g/mol. The van der Waals surface area contributed by atoms with Gasteiger partial charge in [0.15, 0.2) is 17.4 Å². The molecule has 0 aliphatic heterocycles. The lowest BCUT2D eigenvalue weighted by Crippen LogP contribution is -2.36. The first-order chi connectivity index (χ1) is 12.7. The van der Waals surface area contributed by atoms with Crippen LogP contribution in [0.15, 0.2) is 47.7 Å². The van der Waals surface area contributed by atoms with Crippen molar-refractivity contribution in [2.75, 3.05) is 7.05 Å². The highest BCUT2D eigenvalue weighted by molar-refractivity contribution is 5.79. The summed E-state index contributed by atoms with van der Waals surface area (Å²) in [5, 5.41) is 14.8. The van der Waals surface area contributed by atoms with Crippen LogP contribution in [-0.4, -0.2) is 38.7 Å². The van der Waals surface area contributed by atoms with E-state index in [4.69, 9.17) is 4.74 Å². The van der Waals surface area contributed by atoms with Crippen molar-refractivity contribution in [2.24, 2.45) is 4.99 Å². The normalized spacial score (nSPS) is 11.8. The molecule has 0 aliphatic rings. The summed E-state index contributed by atoms with van der Waals surface area (Å²) in [4.78, 5) is 8.53. The minimum atomic E-state index is 0.114. The molecule has 0 atom stereocenters. The number of nitrogens with one attached hydrogen (secondary N) is 2. The highest BCUT2D eigenvalue weighted by Crippen LogP contribution is 2.09. The van der Waals surface area contributed by atoms with Gasteiger partial charge in [0, 0.05) is 32.1 Å². The fourth-order valence-electron chi connectivity index (χ4n) is 2.41. The Kier molecular flexibility index (Phi) is 5.62. The number of hydrogen-bond acceptors (Lipinski definition) is 5. The van der Waals surface area contributed by atoms with Gasteiger partial charge in [-0.15, -0.1) is 10.2 Å². The third-order valence-corrected chi connectivity index (χ3v) is 3.64. The van der Waals surface area contributed by atoms with E-state index in [1.54, 1.807) is 13.2 Å². The van der Waals surface area contributed by atoms with Crippen LogP contribution in [-0.2, 0) is 13.1 Å². The highest BCUT2D eigenvalue weighted by Gasteiger charge is 2.06. The molecule has 3 heterocycles. The van der Waals surface area contributed by atoms with Crippen LogP contribution in [0.2, 0.25) is 0 Å². The summed E-state index contributed by atoms with van der Waals surface area (Å²) in [6.45, 7) is 5.08. The lowest BCUT2D eigenvalue weighted by Gasteiger charge is -2.12. The van der Waals surface area contributed by atoms with Crippen LogP contribution in [0.5, 0.6) is 5.88 Å². The van der Waals surface area contributed by atoms with E-state index in [1.165, 1.54) is 0 Å². The lowest BCUT2D eigenvalue weighted by molar-refractivity contribution is 0.232. The summed E-state index contributed by atoms with van der Waals surface area (Å²) in [7, 11) is 1.73. The van der Waals surface area contributed by atoms with Crippen molar-refractivity contribution in [1.82, 2.24) is 30.2 Å². The Morgan fingerprint density at radius 3 is 2.73 bits per heavy atom. The Balaban J connectivity index is 1.53. The largest absolute Gasteiger partial charge is 0.475 e. The summed E-state index contributed by atoms with van der Waals surface area (Å²) in [6.07, 6.45) is 3.85. The zero-order valence-electron chi connectivity index (χ0n) is 15.2. The first kappa shape index (κ1) is 17.7. The van der Waals surface area contributed by atoms with E-state index < -0.39 is 0 Å². The van der Waals surface area contributed by atoms with Crippen LogP contribution in [0.25, 0.3) is 5.65 Å². The fourth-order valence-corrected chi connectivity index (χ4v) is 2.41. The summed E-state index contributed by atoms with van der Waals surface area (Å²) >= 11 is 0. The van der Waals surface area contributed by atoms with E-state index in [-0.39, 0.29) is 6.10 Å². The Hall–Kier alpha value is -3.16. The highest BCUT2D eigenvalue weighted by atomic mass is 16.5. The molecule has 8 heteroatoms. The lowest BCUT2D eigenvalue weighted by atomic mass is 10.3. The molecule has 8 nitrogen and oxygen atoms in total. The van der Waals surface area contributed by atoms with Gasteiger partial charge in [0.2, 0.25) is 5.88 Å². The first-order valence-electron chi connectivity index (χ1n) is 8.50. The maximum Gasteiger partial charge on any atom is 0.213 e. The van der Waals surface area contributed by atoms with E-state index in [0.717, 1.165) is 17.0 Å². The molecule has 0 amide bonds. The minimum Gasteiger partial charge on any atom is -0.475 e. The molecule has 0 saturated heterocycles. The minimum absolute atomic E-state index is 0.114. The molecule has 0 spiro atoms. The van der Waals surface area contributed by atoms with Gasteiger partial charge in [0.05, 0.1) is 12.6 Å². The second kappa shape index (κ2) is 8.28. The molecule has 0 aliphatic carbocycles. The van der Waals surface area contributed by atoms with Gasteiger partial charge in [0.1, 0.15) is 0 Å². The van der Waals surface area contributed by atoms with Crippen molar-refractivity contribution in [2.45, 2.75) is 33.0 Å². The topological polar surface area (TPSA) is 88.7 Å². The molecule has 0 fully saturated rings. The van der Waals surface area contributed by atoms with Crippen LogP contribution in [0, 0.1) is 0 Å². The molecule has 3 aromatic heterocycles. The molecular weight excluding hydrogens is 330 g/mol. The van der Waals surface area contributed by atoms with Crippen molar-refractivity contribution in [1.29, 1.82) is 0 Å². The molecule has 0 radical (unpaired) electrons. The van der Waals surface area contributed by atoms with E-state index in [0.29, 0.717) is 24.9 Å². The summed E-state index contributed by atoms with van der Waals surface area (Å²) in [5.74, 6) is 2.13. The van der Waals surface area contributed by atoms with Gasteiger partial charge in [-0.1, -0.05) is 12.1 Å². The predicted molar refractivity (Wildman–Crippen MR) is 100 cm³/mol. The van der Waals surface area contributed by atoms with Crippen molar-refractivity contribution < 1.29 is 4.74 Å². The number of ether oxygens (including phenoxy) is 1. The average Bonchev–Trinajstić information content (AvgIpc) is 3.06. The number of hydrogen-bond donors (Lipinski definition) is 2. The molecular formula is C18H23N7O. The summed E-state index contributed by atoms with van der Waals surface area (Å²) < 4.78 is 7.49. The monoisotopic (exact) mass is 353 g/mol. The maximum atomic E-state index is 5.55. The molecule has 0 saturated carbocycles. The molecule has 136 valence electrons. The van der Waals surface area contributed by atoms with Crippen LogP contribution < -0.4 is 15.4 Å². The number of aliphatic imine (C=N–C) groups is 1. The van der Waals surface area contributed by atoms with Gasteiger partial charge in [-0.2, -0.15) is 0 Å². The number of nitrogens with zero attached hydrogens (tertiary/aromatic N) is 5. The summed E-state index contributed by atoms with van der Waals surface area (Å²) in [6, 6.07) is 9.66.